The SMILES string of the molecule is CCOC(=O)N1CCN(C(=O)C(=O)Nc2ccc(N)cc2Cl)CC1. The van der Waals surface area contributed by atoms with Crippen LogP contribution in [0.1, 0.15) is 6.92 Å². The van der Waals surface area contributed by atoms with Crippen molar-refractivity contribution >= 4 is 40.9 Å². The van der Waals surface area contributed by atoms with Gasteiger partial charge in [-0.15, -0.1) is 0 Å². The topological polar surface area (TPSA) is 105 Å². The number of nitrogens with two attached hydrogens (primary N) is 1. The number of nitrogen functional groups attached to an aromatic ring is 1. The lowest BCUT2D eigenvalue weighted by molar-refractivity contribution is -0.144. The van der Waals surface area contributed by atoms with Gasteiger partial charge < -0.3 is 25.6 Å². The minimum absolute atomic E-state index is 0.253. The average molecular weight is 355 g/mol. The highest BCUT2D eigenvalue weighted by Crippen LogP contribution is 2.24. The molecule has 0 unspecified atom stereocenters. The maximum absolute atomic E-state index is 12.2. The second kappa shape index (κ2) is 7.87. The van der Waals surface area contributed by atoms with Crippen LogP contribution in [0.3, 0.4) is 0 Å². The molecule has 1 aliphatic rings. The number of piperazine rings is 1. The van der Waals surface area contributed by atoms with Crippen molar-refractivity contribution in [2.24, 2.45) is 0 Å². The molecule has 8 nitrogen and oxygen atoms in total. The van der Waals surface area contributed by atoms with E-state index in [0.717, 1.165) is 0 Å². The molecule has 1 aromatic carbocycles. The van der Waals surface area contributed by atoms with E-state index >= 15 is 0 Å². The molecule has 130 valence electrons. The molecule has 0 aliphatic carbocycles. The lowest BCUT2D eigenvalue weighted by Crippen LogP contribution is -2.53. The minimum Gasteiger partial charge on any atom is -0.450 e. The molecular formula is C15H19ClN4O4. The van der Waals surface area contributed by atoms with Gasteiger partial charge in [-0.3, -0.25) is 9.59 Å². The van der Waals surface area contributed by atoms with Gasteiger partial charge >= 0.3 is 17.9 Å². The monoisotopic (exact) mass is 354 g/mol. The smallest absolute Gasteiger partial charge is 0.409 e. The van der Waals surface area contributed by atoms with E-state index in [1.54, 1.807) is 13.0 Å². The number of benzene rings is 1. The summed E-state index contributed by atoms with van der Waals surface area (Å²) in [6, 6.07) is 4.59. The summed E-state index contributed by atoms with van der Waals surface area (Å²) >= 11 is 5.97. The fourth-order valence-corrected chi connectivity index (χ4v) is 2.50. The third kappa shape index (κ3) is 4.29. The predicted molar refractivity (Wildman–Crippen MR) is 89.7 cm³/mol. The van der Waals surface area contributed by atoms with E-state index in [2.05, 4.69) is 5.32 Å². The van der Waals surface area contributed by atoms with E-state index in [1.165, 1.54) is 21.9 Å². The molecule has 9 heteroatoms. The van der Waals surface area contributed by atoms with Gasteiger partial charge in [-0.1, -0.05) is 11.6 Å². The number of nitrogens with zero attached hydrogens (tertiary/aromatic N) is 2. The summed E-state index contributed by atoms with van der Waals surface area (Å²) in [5, 5.41) is 2.72. The van der Waals surface area contributed by atoms with Gasteiger partial charge in [0.2, 0.25) is 0 Å². The summed E-state index contributed by atoms with van der Waals surface area (Å²) in [7, 11) is 0. The standard InChI is InChI=1S/C15H19ClN4O4/c1-2-24-15(23)20-7-5-19(6-8-20)14(22)13(21)18-12-4-3-10(17)9-11(12)16/h3-4,9H,2,5-8,17H2,1H3,(H,18,21). The molecule has 1 aromatic rings. The summed E-state index contributed by atoms with van der Waals surface area (Å²) in [6.45, 7) is 3.19. The van der Waals surface area contributed by atoms with Gasteiger partial charge in [-0.05, 0) is 25.1 Å². The second-order valence-electron chi connectivity index (χ2n) is 5.17. The first kappa shape index (κ1) is 17.9. The Morgan fingerprint density at radius 1 is 1.21 bits per heavy atom. The maximum Gasteiger partial charge on any atom is 0.409 e. The zero-order chi connectivity index (χ0) is 17.7. The van der Waals surface area contributed by atoms with Crippen molar-refractivity contribution < 1.29 is 19.1 Å². The van der Waals surface area contributed by atoms with E-state index in [9.17, 15) is 14.4 Å². The molecule has 0 aromatic heterocycles. The highest BCUT2D eigenvalue weighted by molar-refractivity contribution is 6.41. The Morgan fingerprint density at radius 3 is 2.42 bits per heavy atom. The lowest BCUT2D eigenvalue weighted by atomic mass is 10.2. The van der Waals surface area contributed by atoms with Crippen molar-refractivity contribution in [3.63, 3.8) is 0 Å². The molecule has 1 aliphatic heterocycles. The Labute approximate surface area is 144 Å². The van der Waals surface area contributed by atoms with Crippen LogP contribution >= 0.6 is 11.6 Å². The zero-order valence-corrected chi connectivity index (χ0v) is 14.0. The first-order valence-corrected chi connectivity index (χ1v) is 7.87. The normalized spacial score (nSPS) is 14.2. The number of anilines is 2. The van der Waals surface area contributed by atoms with Crippen LogP contribution in [0.2, 0.25) is 5.02 Å². The molecule has 3 amide bonds. The number of rotatable bonds is 2. The van der Waals surface area contributed by atoms with Crippen molar-refractivity contribution in [1.82, 2.24) is 9.80 Å². The molecular weight excluding hydrogens is 336 g/mol. The van der Waals surface area contributed by atoms with Gasteiger partial charge in [0.1, 0.15) is 0 Å². The van der Waals surface area contributed by atoms with Crippen LogP contribution in [0.5, 0.6) is 0 Å². The highest BCUT2D eigenvalue weighted by Gasteiger charge is 2.28. The average Bonchev–Trinajstić information content (AvgIpc) is 2.57. The Morgan fingerprint density at radius 2 is 1.83 bits per heavy atom. The maximum atomic E-state index is 12.2. The molecule has 1 fully saturated rings. The Hall–Kier alpha value is -2.48. The number of carbonyl (C=O) groups excluding carboxylic acids is 3. The molecule has 0 saturated carbocycles. The first-order valence-electron chi connectivity index (χ1n) is 7.49. The third-order valence-corrected chi connectivity index (χ3v) is 3.84. The number of carbonyl (C=O) groups is 3. The van der Waals surface area contributed by atoms with E-state index < -0.39 is 17.9 Å². The number of hydrogen-bond acceptors (Lipinski definition) is 5. The number of halogens is 1. The van der Waals surface area contributed by atoms with Crippen LogP contribution in [0, 0.1) is 0 Å². The van der Waals surface area contributed by atoms with Crippen LogP contribution in [0.15, 0.2) is 18.2 Å². The number of hydrogen-bond donors (Lipinski definition) is 2. The van der Waals surface area contributed by atoms with E-state index in [-0.39, 0.29) is 18.1 Å². The first-order chi connectivity index (χ1) is 11.4. The second-order valence-corrected chi connectivity index (χ2v) is 5.58. The van der Waals surface area contributed by atoms with Crippen molar-refractivity contribution in [2.75, 3.05) is 43.8 Å². The van der Waals surface area contributed by atoms with Crippen molar-refractivity contribution in [1.29, 1.82) is 0 Å². The van der Waals surface area contributed by atoms with Crippen molar-refractivity contribution in [3.8, 4) is 0 Å². The summed E-state index contributed by atoms with van der Waals surface area (Å²) in [4.78, 5) is 38.8. The molecule has 0 spiro atoms. The fraction of sp³-hybridized carbons (Fsp3) is 0.400. The Bertz CT molecular complexity index is 644. The van der Waals surface area contributed by atoms with E-state index in [1.807, 2.05) is 0 Å². The molecule has 1 saturated heterocycles. The van der Waals surface area contributed by atoms with Gasteiger partial charge in [0, 0.05) is 31.9 Å². The van der Waals surface area contributed by atoms with Crippen LogP contribution < -0.4 is 11.1 Å². The fourth-order valence-electron chi connectivity index (χ4n) is 2.26. The molecule has 0 bridgehead atoms. The van der Waals surface area contributed by atoms with Crippen molar-refractivity contribution in [2.45, 2.75) is 6.92 Å². The van der Waals surface area contributed by atoms with Crippen LogP contribution in [0.4, 0.5) is 16.2 Å². The molecule has 1 heterocycles. The number of ether oxygens (including phenoxy) is 1. The minimum atomic E-state index is -0.786. The van der Waals surface area contributed by atoms with Gasteiger partial charge in [-0.2, -0.15) is 0 Å². The van der Waals surface area contributed by atoms with E-state index in [4.69, 9.17) is 22.1 Å². The van der Waals surface area contributed by atoms with Gasteiger partial charge in [0.05, 0.1) is 17.3 Å². The quantitative estimate of drug-likeness (QED) is 0.612. The largest absolute Gasteiger partial charge is 0.450 e. The highest BCUT2D eigenvalue weighted by atomic mass is 35.5. The predicted octanol–water partition coefficient (Wildman–Crippen LogP) is 1.16. The summed E-state index contributed by atoms with van der Waals surface area (Å²) in [5.41, 5.74) is 6.35. The molecule has 24 heavy (non-hydrogen) atoms. The van der Waals surface area contributed by atoms with Gasteiger partial charge in [0.15, 0.2) is 0 Å². The van der Waals surface area contributed by atoms with Crippen molar-refractivity contribution in [3.05, 3.63) is 23.2 Å². The lowest BCUT2D eigenvalue weighted by Gasteiger charge is -2.33. The summed E-state index contributed by atoms with van der Waals surface area (Å²) in [6.07, 6.45) is -0.414. The number of amides is 3. The van der Waals surface area contributed by atoms with Crippen LogP contribution in [-0.2, 0) is 14.3 Å². The molecule has 0 radical (unpaired) electrons. The summed E-state index contributed by atoms with van der Waals surface area (Å²) in [5.74, 6) is -1.46. The van der Waals surface area contributed by atoms with Crippen LogP contribution in [0.25, 0.3) is 0 Å². The zero-order valence-electron chi connectivity index (χ0n) is 13.3. The van der Waals surface area contributed by atoms with Crippen LogP contribution in [-0.4, -0.2) is 60.5 Å². The molecule has 0 atom stereocenters. The third-order valence-electron chi connectivity index (χ3n) is 3.53. The summed E-state index contributed by atoms with van der Waals surface area (Å²) < 4.78 is 4.91. The Balaban J connectivity index is 1.90. The van der Waals surface area contributed by atoms with E-state index in [0.29, 0.717) is 31.1 Å². The molecule has 3 N–H and O–H groups in total. The van der Waals surface area contributed by atoms with Gasteiger partial charge in [0.25, 0.3) is 0 Å². The number of nitrogens with one attached hydrogen (secondary N) is 1. The van der Waals surface area contributed by atoms with Gasteiger partial charge in [-0.25, -0.2) is 4.79 Å². The molecule has 2 rings (SSSR count). The Kier molecular flexibility index (Phi) is 5.86.